The molecule has 1 amide bonds. The van der Waals surface area contributed by atoms with Crippen LogP contribution in [0.15, 0.2) is 35.5 Å². The fourth-order valence-electron chi connectivity index (χ4n) is 1.90. The molecule has 0 radical (unpaired) electrons. The average molecular weight is 315 g/mol. The van der Waals surface area contributed by atoms with E-state index in [1.165, 1.54) is 18.7 Å². The highest BCUT2D eigenvalue weighted by molar-refractivity contribution is 7.99. The average Bonchev–Trinajstić information content (AvgIpc) is 2.44. The molecule has 0 atom stereocenters. The highest BCUT2D eigenvalue weighted by Crippen LogP contribution is 2.16. The van der Waals surface area contributed by atoms with Gasteiger partial charge in [0.05, 0.1) is 5.75 Å². The second-order valence-electron chi connectivity index (χ2n) is 4.91. The van der Waals surface area contributed by atoms with E-state index in [9.17, 15) is 9.59 Å². The third-order valence-corrected chi connectivity index (χ3v) is 3.69. The number of benzene rings is 1. The minimum absolute atomic E-state index is 0.0332. The van der Waals surface area contributed by atoms with Crippen LogP contribution in [-0.4, -0.2) is 27.4 Å². The quantitative estimate of drug-likeness (QED) is 0.521. The number of nitrogens with one attached hydrogen (secondary N) is 1. The van der Waals surface area contributed by atoms with E-state index in [1.54, 1.807) is 24.3 Å². The molecule has 0 saturated carbocycles. The molecule has 0 unspecified atom stereocenters. The second-order valence-corrected chi connectivity index (χ2v) is 5.85. The van der Waals surface area contributed by atoms with E-state index in [1.807, 2.05) is 19.9 Å². The number of anilines is 1. The number of hydrogen-bond acceptors (Lipinski definition) is 5. The lowest BCUT2D eigenvalue weighted by Gasteiger charge is -2.06. The van der Waals surface area contributed by atoms with Crippen LogP contribution in [0, 0.1) is 13.8 Å². The maximum absolute atomic E-state index is 12.0. The first kappa shape index (κ1) is 16.2. The molecule has 0 spiro atoms. The smallest absolute Gasteiger partial charge is 0.234 e. The Balaban J connectivity index is 1.95. The van der Waals surface area contributed by atoms with Crippen LogP contribution in [0.2, 0.25) is 0 Å². The number of carbonyl (C=O) groups excluding carboxylic acids is 2. The molecule has 22 heavy (non-hydrogen) atoms. The van der Waals surface area contributed by atoms with Crippen LogP contribution in [-0.2, 0) is 4.79 Å². The summed E-state index contributed by atoms with van der Waals surface area (Å²) in [6.07, 6.45) is 0. The lowest BCUT2D eigenvalue weighted by atomic mass is 10.1. The normalized spacial score (nSPS) is 10.3. The van der Waals surface area contributed by atoms with Gasteiger partial charge in [-0.3, -0.25) is 9.59 Å². The molecule has 1 heterocycles. The highest BCUT2D eigenvalue weighted by Gasteiger charge is 2.08. The molecule has 2 rings (SSSR count). The highest BCUT2D eigenvalue weighted by atomic mass is 32.2. The number of amides is 1. The van der Waals surface area contributed by atoms with E-state index < -0.39 is 0 Å². The van der Waals surface area contributed by atoms with Crippen molar-refractivity contribution in [1.82, 2.24) is 9.97 Å². The van der Waals surface area contributed by atoms with E-state index in [4.69, 9.17) is 0 Å². The fourth-order valence-corrected chi connectivity index (χ4v) is 2.65. The lowest BCUT2D eigenvalue weighted by molar-refractivity contribution is -0.113. The summed E-state index contributed by atoms with van der Waals surface area (Å²) in [5.41, 5.74) is 2.94. The monoisotopic (exact) mass is 315 g/mol. The zero-order chi connectivity index (χ0) is 16.1. The van der Waals surface area contributed by atoms with Crippen molar-refractivity contribution < 1.29 is 9.59 Å². The molecule has 2 aromatic rings. The van der Waals surface area contributed by atoms with Gasteiger partial charge in [0, 0.05) is 22.6 Å². The second kappa shape index (κ2) is 7.17. The molecule has 114 valence electrons. The number of thioether (sulfide) groups is 1. The number of rotatable bonds is 5. The van der Waals surface area contributed by atoms with Crippen molar-refractivity contribution in [1.29, 1.82) is 0 Å². The Bertz CT molecular complexity index is 696. The van der Waals surface area contributed by atoms with Gasteiger partial charge in [-0.25, -0.2) is 9.97 Å². The molecule has 0 fully saturated rings. The fraction of sp³-hybridized carbons (Fsp3) is 0.250. The van der Waals surface area contributed by atoms with E-state index in [2.05, 4.69) is 15.3 Å². The van der Waals surface area contributed by atoms with Gasteiger partial charge in [0.1, 0.15) is 0 Å². The first-order chi connectivity index (χ1) is 10.4. The van der Waals surface area contributed by atoms with Crippen LogP contribution < -0.4 is 5.32 Å². The van der Waals surface area contributed by atoms with Gasteiger partial charge in [0.15, 0.2) is 10.9 Å². The molecule has 0 saturated heterocycles. The van der Waals surface area contributed by atoms with Crippen LogP contribution in [0.3, 0.4) is 0 Å². The van der Waals surface area contributed by atoms with Gasteiger partial charge in [0.25, 0.3) is 0 Å². The number of aromatic nitrogens is 2. The summed E-state index contributed by atoms with van der Waals surface area (Å²) in [6, 6.07) is 8.76. The van der Waals surface area contributed by atoms with E-state index in [0.29, 0.717) is 16.4 Å². The van der Waals surface area contributed by atoms with E-state index in [-0.39, 0.29) is 17.4 Å². The molecule has 0 bridgehead atoms. The predicted octanol–water partition coefficient (Wildman–Crippen LogP) is 3.03. The van der Waals surface area contributed by atoms with E-state index in [0.717, 1.165) is 11.4 Å². The SMILES string of the molecule is CC(=O)c1cccc(NC(=O)CSc2nc(C)cc(C)n2)c1. The number of aryl methyl sites for hydroxylation is 2. The van der Waals surface area contributed by atoms with Gasteiger partial charge in [-0.05, 0) is 39.0 Å². The number of nitrogens with zero attached hydrogens (tertiary/aromatic N) is 2. The van der Waals surface area contributed by atoms with Crippen molar-refractivity contribution in [3.8, 4) is 0 Å². The maximum atomic E-state index is 12.0. The summed E-state index contributed by atoms with van der Waals surface area (Å²) in [4.78, 5) is 31.8. The van der Waals surface area contributed by atoms with Crippen molar-refractivity contribution in [2.45, 2.75) is 25.9 Å². The van der Waals surface area contributed by atoms with Crippen molar-refractivity contribution in [3.63, 3.8) is 0 Å². The van der Waals surface area contributed by atoms with Gasteiger partial charge in [-0.2, -0.15) is 0 Å². The third-order valence-electron chi connectivity index (χ3n) is 2.85. The molecule has 0 aliphatic rings. The Hall–Kier alpha value is -2.21. The maximum Gasteiger partial charge on any atom is 0.234 e. The molecule has 1 aromatic heterocycles. The van der Waals surface area contributed by atoms with Gasteiger partial charge in [0.2, 0.25) is 5.91 Å². The summed E-state index contributed by atoms with van der Waals surface area (Å²) >= 11 is 1.29. The largest absolute Gasteiger partial charge is 0.325 e. The summed E-state index contributed by atoms with van der Waals surface area (Å²) in [7, 11) is 0. The molecular weight excluding hydrogens is 298 g/mol. The Morgan fingerprint density at radius 2 is 1.82 bits per heavy atom. The third kappa shape index (κ3) is 4.66. The lowest BCUT2D eigenvalue weighted by Crippen LogP contribution is -2.14. The number of ketones is 1. The van der Waals surface area contributed by atoms with Crippen LogP contribution in [0.1, 0.15) is 28.7 Å². The van der Waals surface area contributed by atoms with E-state index >= 15 is 0 Å². The summed E-state index contributed by atoms with van der Waals surface area (Å²) in [5, 5.41) is 3.36. The van der Waals surface area contributed by atoms with Gasteiger partial charge in [-0.15, -0.1) is 0 Å². The Morgan fingerprint density at radius 3 is 2.45 bits per heavy atom. The van der Waals surface area contributed by atoms with Crippen molar-refractivity contribution >= 4 is 29.1 Å². The molecule has 5 nitrogen and oxygen atoms in total. The predicted molar refractivity (Wildman–Crippen MR) is 87.3 cm³/mol. The first-order valence-electron chi connectivity index (χ1n) is 6.80. The minimum atomic E-state index is -0.159. The van der Waals surface area contributed by atoms with Crippen LogP contribution >= 0.6 is 11.8 Å². The van der Waals surface area contributed by atoms with Crippen LogP contribution in [0.25, 0.3) is 0 Å². The number of hydrogen-bond donors (Lipinski definition) is 1. The zero-order valence-corrected chi connectivity index (χ0v) is 13.5. The molecule has 1 aromatic carbocycles. The number of Topliss-reactive ketones (excluding diaryl/α,β-unsaturated/α-hetero) is 1. The zero-order valence-electron chi connectivity index (χ0n) is 12.7. The Kier molecular flexibility index (Phi) is 5.27. The topological polar surface area (TPSA) is 72.0 Å². The van der Waals surface area contributed by atoms with Gasteiger partial charge < -0.3 is 5.32 Å². The molecular formula is C16H17N3O2S. The van der Waals surface area contributed by atoms with Crippen molar-refractivity contribution in [3.05, 3.63) is 47.3 Å². The van der Waals surface area contributed by atoms with Crippen molar-refractivity contribution in [2.75, 3.05) is 11.1 Å². The molecule has 0 aliphatic carbocycles. The number of carbonyl (C=O) groups is 2. The van der Waals surface area contributed by atoms with Gasteiger partial charge in [-0.1, -0.05) is 23.9 Å². The first-order valence-corrected chi connectivity index (χ1v) is 7.78. The molecule has 1 N–H and O–H groups in total. The molecule has 0 aliphatic heterocycles. The Labute approximate surface area is 133 Å². The standard InChI is InChI=1S/C16H17N3O2S/c1-10-7-11(2)18-16(17-10)22-9-15(21)19-14-6-4-5-13(8-14)12(3)20/h4-8H,9H2,1-3H3,(H,19,21). The minimum Gasteiger partial charge on any atom is -0.325 e. The molecule has 6 heteroatoms. The summed E-state index contributed by atoms with van der Waals surface area (Å²) < 4.78 is 0. The Morgan fingerprint density at radius 1 is 1.14 bits per heavy atom. The van der Waals surface area contributed by atoms with Crippen LogP contribution in [0.4, 0.5) is 5.69 Å². The summed E-state index contributed by atoms with van der Waals surface area (Å²) in [6.45, 7) is 5.28. The van der Waals surface area contributed by atoms with Crippen molar-refractivity contribution in [2.24, 2.45) is 0 Å². The van der Waals surface area contributed by atoms with Gasteiger partial charge >= 0.3 is 0 Å². The summed E-state index contributed by atoms with van der Waals surface area (Å²) in [5.74, 6) is 0.0234. The van der Waals surface area contributed by atoms with Crippen LogP contribution in [0.5, 0.6) is 0 Å².